The number of carbonyl (C=O) groups is 1. The Labute approximate surface area is 113 Å². The van der Waals surface area contributed by atoms with Crippen LogP contribution >= 0.6 is 0 Å². The topological polar surface area (TPSA) is 41.6 Å². The van der Waals surface area contributed by atoms with Crippen LogP contribution in [-0.4, -0.2) is 30.1 Å². The first kappa shape index (κ1) is 12.1. The van der Waals surface area contributed by atoms with Crippen LogP contribution < -0.4 is 10.1 Å². The summed E-state index contributed by atoms with van der Waals surface area (Å²) in [5.74, 6) is 0.749. The van der Waals surface area contributed by atoms with E-state index >= 15 is 0 Å². The summed E-state index contributed by atoms with van der Waals surface area (Å²) in [4.78, 5) is 14.3. The van der Waals surface area contributed by atoms with Gasteiger partial charge in [-0.05, 0) is 31.4 Å². The van der Waals surface area contributed by atoms with Crippen LogP contribution in [0.5, 0.6) is 5.75 Å². The molecule has 4 nitrogen and oxygen atoms in total. The summed E-state index contributed by atoms with van der Waals surface area (Å²) < 4.78 is 5.16. The second-order valence-corrected chi connectivity index (χ2v) is 5.03. The van der Waals surface area contributed by atoms with Crippen LogP contribution in [0.4, 0.5) is 10.5 Å². The Hall–Kier alpha value is -1.97. The first-order valence-corrected chi connectivity index (χ1v) is 6.68. The molecule has 2 aliphatic rings. The summed E-state index contributed by atoms with van der Waals surface area (Å²) in [5, 5.41) is 2.96. The molecule has 0 aliphatic carbocycles. The molecule has 2 aliphatic heterocycles. The fourth-order valence-corrected chi connectivity index (χ4v) is 2.93. The van der Waals surface area contributed by atoms with Crippen molar-refractivity contribution in [3.05, 3.63) is 36.4 Å². The predicted octanol–water partition coefficient (Wildman–Crippen LogP) is 3.02. The van der Waals surface area contributed by atoms with Gasteiger partial charge in [-0.2, -0.15) is 0 Å². The van der Waals surface area contributed by atoms with Gasteiger partial charge in [0.1, 0.15) is 5.75 Å². The van der Waals surface area contributed by atoms with Crippen LogP contribution in [0.1, 0.15) is 19.3 Å². The molecule has 1 aromatic rings. The van der Waals surface area contributed by atoms with E-state index in [-0.39, 0.29) is 12.1 Å². The molecule has 0 saturated carbocycles. The molecule has 0 radical (unpaired) electrons. The molecule has 100 valence electrons. The van der Waals surface area contributed by atoms with Gasteiger partial charge in [0, 0.05) is 17.8 Å². The number of urea groups is 1. The minimum Gasteiger partial charge on any atom is -0.497 e. The largest absolute Gasteiger partial charge is 0.497 e. The number of ether oxygens (including phenoxy) is 1. The van der Waals surface area contributed by atoms with Gasteiger partial charge in [0.15, 0.2) is 0 Å². The Morgan fingerprint density at radius 1 is 1.42 bits per heavy atom. The van der Waals surface area contributed by atoms with Gasteiger partial charge in [0.05, 0.1) is 13.2 Å². The minimum atomic E-state index is -0.00916. The predicted molar refractivity (Wildman–Crippen MR) is 74.4 cm³/mol. The number of amides is 2. The lowest BCUT2D eigenvalue weighted by Crippen LogP contribution is -2.44. The van der Waals surface area contributed by atoms with Gasteiger partial charge >= 0.3 is 6.03 Å². The Balaban J connectivity index is 1.73. The van der Waals surface area contributed by atoms with E-state index < -0.39 is 0 Å². The van der Waals surface area contributed by atoms with Crippen LogP contribution in [0.15, 0.2) is 36.4 Å². The number of anilines is 1. The third-order valence-electron chi connectivity index (χ3n) is 3.87. The number of hydrogen-bond donors (Lipinski definition) is 1. The van der Waals surface area contributed by atoms with E-state index in [2.05, 4.69) is 17.5 Å². The number of methoxy groups -OCH3 is 1. The normalized spacial score (nSPS) is 24.4. The fraction of sp³-hybridized carbons (Fsp3) is 0.400. The minimum absolute atomic E-state index is 0.00916. The highest BCUT2D eigenvalue weighted by Gasteiger charge is 2.37. The number of carbonyl (C=O) groups excluding carboxylic acids is 1. The summed E-state index contributed by atoms with van der Waals surface area (Å²) in [6.07, 6.45) is 7.49. The van der Waals surface area contributed by atoms with Crippen LogP contribution in [0.25, 0.3) is 0 Å². The summed E-state index contributed by atoms with van der Waals surface area (Å²) in [7, 11) is 1.62. The van der Waals surface area contributed by atoms with Crippen LogP contribution in [-0.2, 0) is 0 Å². The highest BCUT2D eigenvalue weighted by atomic mass is 16.5. The van der Waals surface area contributed by atoms with E-state index in [0.717, 1.165) is 30.7 Å². The van der Waals surface area contributed by atoms with Gasteiger partial charge in [-0.15, -0.1) is 0 Å². The molecule has 3 rings (SSSR count). The monoisotopic (exact) mass is 258 g/mol. The number of rotatable bonds is 2. The number of hydrogen-bond acceptors (Lipinski definition) is 2. The number of nitrogens with one attached hydrogen (secondary N) is 1. The third-order valence-corrected chi connectivity index (χ3v) is 3.87. The van der Waals surface area contributed by atoms with E-state index in [1.807, 2.05) is 29.2 Å². The smallest absolute Gasteiger partial charge is 0.322 e. The zero-order valence-electron chi connectivity index (χ0n) is 11.0. The number of fused-ring (bicyclic) bond motifs is 2. The molecule has 1 aromatic carbocycles. The second kappa shape index (κ2) is 4.96. The lowest BCUT2D eigenvalue weighted by molar-refractivity contribution is 0.192. The standard InChI is InChI=1S/C15H18N2O2/c1-19-14-7-2-4-11(10-14)16-15(18)17-12-5-3-6-13(17)9-8-12/h2-5,7,10,12-13H,6,8-9H2,1H3,(H,16,18). The molecule has 4 heteroatoms. The molecular weight excluding hydrogens is 240 g/mol. The highest BCUT2D eigenvalue weighted by molar-refractivity contribution is 5.90. The van der Waals surface area contributed by atoms with Crippen LogP contribution in [0.2, 0.25) is 0 Å². The highest BCUT2D eigenvalue weighted by Crippen LogP contribution is 2.32. The molecule has 2 atom stereocenters. The molecule has 0 aromatic heterocycles. The quantitative estimate of drug-likeness (QED) is 0.828. The molecule has 1 saturated heterocycles. The van der Waals surface area contributed by atoms with Gasteiger partial charge in [-0.1, -0.05) is 18.2 Å². The first-order valence-electron chi connectivity index (χ1n) is 6.68. The molecule has 2 amide bonds. The van der Waals surface area contributed by atoms with Crippen LogP contribution in [0.3, 0.4) is 0 Å². The van der Waals surface area contributed by atoms with Crippen molar-refractivity contribution in [3.8, 4) is 5.75 Å². The summed E-state index contributed by atoms with van der Waals surface area (Å²) in [6.45, 7) is 0. The Morgan fingerprint density at radius 3 is 3.11 bits per heavy atom. The molecule has 2 bridgehead atoms. The molecule has 1 fully saturated rings. The maximum atomic E-state index is 12.4. The zero-order chi connectivity index (χ0) is 13.2. The summed E-state index contributed by atoms with van der Waals surface area (Å²) in [6, 6.07) is 8.07. The van der Waals surface area contributed by atoms with Crippen molar-refractivity contribution in [1.82, 2.24) is 4.90 Å². The Morgan fingerprint density at radius 2 is 2.32 bits per heavy atom. The lowest BCUT2D eigenvalue weighted by Gasteiger charge is -2.31. The first-order chi connectivity index (χ1) is 9.28. The SMILES string of the molecule is COc1cccc(NC(=O)N2C3C=CCC2CC3)c1. The van der Waals surface area contributed by atoms with Crippen molar-refractivity contribution in [2.45, 2.75) is 31.3 Å². The third kappa shape index (κ3) is 2.30. The average molecular weight is 258 g/mol. The summed E-state index contributed by atoms with van der Waals surface area (Å²) >= 11 is 0. The lowest BCUT2D eigenvalue weighted by atomic mass is 10.1. The molecule has 1 N–H and O–H groups in total. The van der Waals surface area contributed by atoms with Gasteiger partial charge < -0.3 is 15.0 Å². The van der Waals surface area contributed by atoms with Gasteiger partial charge in [0.25, 0.3) is 0 Å². The van der Waals surface area contributed by atoms with Gasteiger partial charge in [0.2, 0.25) is 0 Å². The molecular formula is C15H18N2O2. The molecule has 19 heavy (non-hydrogen) atoms. The van der Waals surface area contributed by atoms with E-state index in [1.165, 1.54) is 0 Å². The zero-order valence-corrected chi connectivity index (χ0v) is 11.0. The maximum Gasteiger partial charge on any atom is 0.322 e. The van der Waals surface area contributed by atoms with Crippen molar-refractivity contribution in [2.24, 2.45) is 0 Å². The van der Waals surface area contributed by atoms with E-state index in [1.54, 1.807) is 7.11 Å². The second-order valence-electron chi connectivity index (χ2n) is 5.03. The Bertz CT molecular complexity index is 513. The molecule has 0 spiro atoms. The van der Waals surface area contributed by atoms with Crippen LogP contribution in [0, 0.1) is 0 Å². The van der Waals surface area contributed by atoms with E-state index in [9.17, 15) is 4.79 Å². The van der Waals surface area contributed by atoms with Gasteiger partial charge in [-0.25, -0.2) is 4.79 Å². The van der Waals surface area contributed by atoms with Crippen molar-refractivity contribution in [2.75, 3.05) is 12.4 Å². The fourth-order valence-electron chi connectivity index (χ4n) is 2.93. The maximum absolute atomic E-state index is 12.4. The van der Waals surface area contributed by atoms with Crippen molar-refractivity contribution >= 4 is 11.7 Å². The van der Waals surface area contributed by atoms with Crippen molar-refractivity contribution < 1.29 is 9.53 Å². The van der Waals surface area contributed by atoms with Crippen molar-refractivity contribution in [3.63, 3.8) is 0 Å². The van der Waals surface area contributed by atoms with E-state index in [4.69, 9.17) is 4.74 Å². The molecule has 2 unspecified atom stereocenters. The van der Waals surface area contributed by atoms with Crippen molar-refractivity contribution in [1.29, 1.82) is 0 Å². The Kier molecular flexibility index (Phi) is 3.15. The van der Waals surface area contributed by atoms with Gasteiger partial charge in [-0.3, -0.25) is 0 Å². The molecule has 2 heterocycles. The number of nitrogens with zero attached hydrogens (tertiary/aromatic N) is 1. The number of benzene rings is 1. The summed E-state index contributed by atoms with van der Waals surface area (Å²) in [5.41, 5.74) is 0.776. The van der Waals surface area contributed by atoms with E-state index in [0.29, 0.717) is 6.04 Å². The average Bonchev–Trinajstić information content (AvgIpc) is 2.69.